The number of amides is 2. The first-order chi connectivity index (χ1) is 9.14. The van der Waals surface area contributed by atoms with Crippen molar-refractivity contribution in [3.8, 4) is 0 Å². The van der Waals surface area contributed by atoms with E-state index in [-0.39, 0.29) is 18.0 Å². The van der Waals surface area contributed by atoms with Crippen molar-refractivity contribution in [1.29, 1.82) is 0 Å². The molecule has 1 fully saturated rings. The summed E-state index contributed by atoms with van der Waals surface area (Å²) in [5.74, 6) is -1.11. The van der Waals surface area contributed by atoms with Gasteiger partial charge in [0, 0.05) is 13.1 Å². The Morgan fingerprint density at radius 3 is 2.15 bits per heavy atom. The van der Waals surface area contributed by atoms with Gasteiger partial charge in [0.25, 0.3) is 0 Å². The Labute approximate surface area is 121 Å². The smallest absolute Gasteiger partial charge is 0.326 e. The van der Waals surface area contributed by atoms with Crippen LogP contribution in [0.2, 0.25) is 0 Å². The van der Waals surface area contributed by atoms with Gasteiger partial charge < -0.3 is 15.3 Å². The fraction of sp³-hybridized carbons (Fsp3) is 0.867. The van der Waals surface area contributed by atoms with E-state index in [4.69, 9.17) is 5.11 Å². The summed E-state index contributed by atoms with van der Waals surface area (Å²) in [6.07, 6.45) is 4.16. The Kier molecular flexibility index (Phi) is 5.42. The molecular weight excluding hydrogens is 256 g/mol. The Morgan fingerprint density at radius 1 is 1.25 bits per heavy atom. The fourth-order valence-corrected chi connectivity index (χ4v) is 2.69. The lowest BCUT2D eigenvalue weighted by molar-refractivity contribution is -0.140. The van der Waals surface area contributed by atoms with Crippen LogP contribution in [0.1, 0.15) is 53.4 Å². The molecule has 0 aromatic rings. The van der Waals surface area contributed by atoms with Gasteiger partial charge in [-0.1, -0.05) is 27.7 Å². The number of carbonyl (C=O) groups is 2. The van der Waals surface area contributed by atoms with Crippen LogP contribution in [-0.4, -0.2) is 41.1 Å². The van der Waals surface area contributed by atoms with Gasteiger partial charge in [-0.25, -0.2) is 9.59 Å². The first-order valence-corrected chi connectivity index (χ1v) is 7.40. The minimum atomic E-state index is -0.980. The zero-order chi connectivity index (χ0) is 15.5. The van der Waals surface area contributed by atoms with Crippen LogP contribution in [0, 0.1) is 11.3 Å². The van der Waals surface area contributed by atoms with Crippen molar-refractivity contribution in [3.05, 3.63) is 0 Å². The SMILES string of the molecule is CC(C)[C@H](NC(=O)N(C)C1CCC(C)(C)CC1)C(=O)O. The van der Waals surface area contributed by atoms with Crippen LogP contribution in [-0.2, 0) is 4.79 Å². The standard InChI is InChI=1S/C15H28N2O3/c1-10(2)12(13(18)19)16-14(20)17(5)11-6-8-15(3,4)9-7-11/h10-12H,6-9H2,1-5H3,(H,16,20)(H,18,19)/t12-/m0/s1. The number of nitrogens with zero attached hydrogens (tertiary/aromatic N) is 1. The summed E-state index contributed by atoms with van der Waals surface area (Å²) >= 11 is 0. The summed E-state index contributed by atoms with van der Waals surface area (Å²) in [5, 5.41) is 11.7. The lowest BCUT2D eigenvalue weighted by Gasteiger charge is -2.39. The molecule has 1 atom stereocenters. The Morgan fingerprint density at radius 2 is 1.75 bits per heavy atom. The largest absolute Gasteiger partial charge is 0.480 e. The van der Waals surface area contributed by atoms with Crippen LogP contribution in [0.3, 0.4) is 0 Å². The Balaban J connectivity index is 2.57. The number of aliphatic carboxylic acids is 1. The number of rotatable bonds is 4. The lowest BCUT2D eigenvalue weighted by atomic mass is 9.75. The highest BCUT2D eigenvalue weighted by Gasteiger charge is 2.32. The summed E-state index contributed by atoms with van der Waals surface area (Å²) in [4.78, 5) is 25.0. The van der Waals surface area contributed by atoms with E-state index in [2.05, 4.69) is 19.2 Å². The topological polar surface area (TPSA) is 69.6 Å². The lowest BCUT2D eigenvalue weighted by Crippen LogP contribution is -2.52. The van der Waals surface area contributed by atoms with Gasteiger partial charge in [-0.15, -0.1) is 0 Å². The van der Waals surface area contributed by atoms with E-state index in [1.165, 1.54) is 0 Å². The Hall–Kier alpha value is -1.26. The summed E-state index contributed by atoms with van der Waals surface area (Å²) < 4.78 is 0. The average molecular weight is 284 g/mol. The van der Waals surface area contributed by atoms with Gasteiger partial charge in [0.05, 0.1) is 0 Å². The Bertz CT molecular complexity index is 356. The van der Waals surface area contributed by atoms with E-state index in [0.29, 0.717) is 5.41 Å². The first kappa shape index (κ1) is 16.8. The van der Waals surface area contributed by atoms with Crippen LogP contribution < -0.4 is 5.32 Å². The predicted molar refractivity (Wildman–Crippen MR) is 78.6 cm³/mol. The minimum absolute atomic E-state index is 0.130. The molecule has 0 heterocycles. The highest BCUT2D eigenvalue weighted by atomic mass is 16.4. The maximum atomic E-state index is 12.2. The van der Waals surface area contributed by atoms with Gasteiger partial charge in [0.2, 0.25) is 0 Å². The third kappa shape index (κ3) is 4.39. The fourth-order valence-electron chi connectivity index (χ4n) is 2.69. The zero-order valence-electron chi connectivity index (χ0n) is 13.3. The van der Waals surface area contributed by atoms with E-state index in [1.807, 2.05) is 0 Å². The van der Waals surface area contributed by atoms with E-state index < -0.39 is 12.0 Å². The van der Waals surface area contributed by atoms with Crippen LogP contribution in [0.25, 0.3) is 0 Å². The van der Waals surface area contributed by atoms with Gasteiger partial charge in [-0.2, -0.15) is 0 Å². The second kappa shape index (κ2) is 6.46. The third-order valence-corrected chi connectivity index (χ3v) is 4.39. The second-order valence-electron chi connectivity index (χ2n) is 7.02. The van der Waals surface area contributed by atoms with Gasteiger partial charge >= 0.3 is 12.0 Å². The minimum Gasteiger partial charge on any atom is -0.480 e. The number of urea groups is 1. The van der Waals surface area contributed by atoms with Crippen molar-refractivity contribution in [2.24, 2.45) is 11.3 Å². The molecule has 116 valence electrons. The predicted octanol–water partition coefficient (Wildman–Crippen LogP) is 2.71. The number of carbonyl (C=O) groups excluding carboxylic acids is 1. The van der Waals surface area contributed by atoms with Crippen LogP contribution in [0.4, 0.5) is 4.79 Å². The number of carboxylic acid groups (broad SMARTS) is 1. The summed E-state index contributed by atoms with van der Waals surface area (Å²) in [6, 6.07) is -0.898. The molecular formula is C15H28N2O3. The average Bonchev–Trinajstić information content (AvgIpc) is 2.34. The molecule has 1 aliphatic rings. The van der Waals surface area contributed by atoms with Crippen LogP contribution in [0.15, 0.2) is 0 Å². The molecule has 20 heavy (non-hydrogen) atoms. The van der Waals surface area contributed by atoms with Gasteiger partial charge in [-0.05, 0) is 37.0 Å². The highest BCUT2D eigenvalue weighted by molar-refractivity contribution is 5.82. The van der Waals surface area contributed by atoms with Crippen molar-refractivity contribution >= 4 is 12.0 Å². The number of carboxylic acids is 1. The monoisotopic (exact) mass is 284 g/mol. The molecule has 2 amide bonds. The van der Waals surface area contributed by atoms with Crippen molar-refractivity contribution in [3.63, 3.8) is 0 Å². The number of hydrogen-bond donors (Lipinski definition) is 2. The summed E-state index contributed by atoms with van der Waals surface area (Å²) in [5.41, 5.74) is 0.356. The molecule has 0 radical (unpaired) electrons. The molecule has 5 nitrogen and oxygen atoms in total. The summed E-state index contributed by atoms with van der Waals surface area (Å²) in [6.45, 7) is 8.09. The van der Waals surface area contributed by atoms with E-state index in [1.54, 1.807) is 25.8 Å². The molecule has 5 heteroatoms. The molecule has 0 aromatic heterocycles. The van der Waals surface area contributed by atoms with Crippen molar-refractivity contribution in [2.45, 2.75) is 65.5 Å². The molecule has 2 N–H and O–H groups in total. The van der Waals surface area contributed by atoms with Crippen LogP contribution >= 0.6 is 0 Å². The highest BCUT2D eigenvalue weighted by Crippen LogP contribution is 2.36. The maximum absolute atomic E-state index is 12.2. The van der Waals surface area contributed by atoms with Gasteiger partial charge in [0.15, 0.2) is 0 Å². The third-order valence-electron chi connectivity index (χ3n) is 4.39. The normalized spacial score (nSPS) is 20.5. The van der Waals surface area contributed by atoms with E-state index in [0.717, 1.165) is 25.7 Å². The molecule has 0 aromatic carbocycles. The molecule has 0 spiro atoms. The van der Waals surface area contributed by atoms with Crippen molar-refractivity contribution < 1.29 is 14.7 Å². The number of nitrogens with one attached hydrogen (secondary N) is 1. The quantitative estimate of drug-likeness (QED) is 0.834. The van der Waals surface area contributed by atoms with Crippen LogP contribution in [0.5, 0.6) is 0 Å². The number of hydrogen-bond acceptors (Lipinski definition) is 2. The maximum Gasteiger partial charge on any atom is 0.326 e. The van der Waals surface area contributed by atoms with Gasteiger partial charge in [-0.3, -0.25) is 0 Å². The molecule has 0 bridgehead atoms. The van der Waals surface area contributed by atoms with E-state index in [9.17, 15) is 9.59 Å². The molecule has 0 aliphatic heterocycles. The molecule has 1 aliphatic carbocycles. The molecule has 1 saturated carbocycles. The molecule has 1 rings (SSSR count). The van der Waals surface area contributed by atoms with Crippen molar-refractivity contribution in [2.75, 3.05) is 7.05 Å². The molecule has 0 unspecified atom stereocenters. The van der Waals surface area contributed by atoms with E-state index >= 15 is 0 Å². The van der Waals surface area contributed by atoms with Crippen molar-refractivity contribution in [1.82, 2.24) is 10.2 Å². The molecule has 0 saturated heterocycles. The second-order valence-corrected chi connectivity index (χ2v) is 7.02. The zero-order valence-corrected chi connectivity index (χ0v) is 13.3. The van der Waals surface area contributed by atoms with Gasteiger partial charge in [0.1, 0.15) is 6.04 Å². The first-order valence-electron chi connectivity index (χ1n) is 7.40. The summed E-state index contributed by atoms with van der Waals surface area (Å²) in [7, 11) is 1.76.